The average molecular weight is 345 g/mol. The van der Waals surface area contributed by atoms with E-state index in [-0.39, 0.29) is 24.3 Å². The number of nitrogens with zero attached hydrogens (tertiary/aromatic N) is 1. The second-order valence-corrected chi connectivity index (χ2v) is 6.21. The standard InChI is InChI=1S/C15H18Cl2N2O3/c1-9(8-22-2)19-7-10(5-14(19)20)15(21)18-13-4-3-11(16)6-12(13)17/h3-4,6,9-10H,5,7-8H2,1-2H3,(H,18,21)/t9-,10-/m0/s1. The van der Waals surface area contributed by atoms with Crippen LogP contribution in [0.3, 0.4) is 0 Å². The zero-order valence-electron chi connectivity index (χ0n) is 12.4. The Labute approximate surface area is 139 Å². The molecule has 22 heavy (non-hydrogen) atoms. The zero-order chi connectivity index (χ0) is 16.3. The summed E-state index contributed by atoms with van der Waals surface area (Å²) in [5.41, 5.74) is 0.493. The van der Waals surface area contributed by atoms with Crippen molar-refractivity contribution in [2.24, 2.45) is 5.92 Å². The van der Waals surface area contributed by atoms with Crippen LogP contribution in [0.15, 0.2) is 18.2 Å². The fraction of sp³-hybridized carbons (Fsp3) is 0.467. The second-order valence-electron chi connectivity index (χ2n) is 5.36. The minimum atomic E-state index is -0.390. The van der Waals surface area contributed by atoms with Gasteiger partial charge in [0.2, 0.25) is 11.8 Å². The number of rotatable bonds is 5. The summed E-state index contributed by atoms with van der Waals surface area (Å²) in [6.07, 6.45) is 0.200. The molecule has 1 heterocycles. The van der Waals surface area contributed by atoms with Gasteiger partial charge in [-0.05, 0) is 25.1 Å². The molecule has 0 aromatic heterocycles. The lowest BCUT2D eigenvalue weighted by molar-refractivity contribution is -0.130. The summed E-state index contributed by atoms with van der Waals surface area (Å²) >= 11 is 11.9. The van der Waals surface area contributed by atoms with Crippen LogP contribution in [0.1, 0.15) is 13.3 Å². The maximum absolute atomic E-state index is 12.3. The number of nitrogens with one attached hydrogen (secondary N) is 1. The van der Waals surface area contributed by atoms with Crippen LogP contribution in [0.25, 0.3) is 0 Å². The molecule has 1 aromatic rings. The number of carbonyl (C=O) groups excluding carboxylic acids is 2. The van der Waals surface area contributed by atoms with Gasteiger partial charge in [0.15, 0.2) is 0 Å². The third-order valence-electron chi connectivity index (χ3n) is 3.66. The summed E-state index contributed by atoms with van der Waals surface area (Å²) in [7, 11) is 1.59. The Kier molecular flexibility index (Phi) is 5.67. The number of benzene rings is 1. The number of methoxy groups -OCH3 is 1. The number of halogens is 2. The van der Waals surface area contributed by atoms with E-state index in [1.165, 1.54) is 0 Å². The van der Waals surface area contributed by atoms with Crippen LogP contribution in [0, 0.1) is 5.92 Å². The SMILES string of the molecule is COC[C@H](C)N1C[C@@H](C(=O)Nc2ccc(Cl)cc2Cl)CC1=O. The smallest absolute Gasteiger partial charge is 0.229 e. The van der Waals surface area contributed by atoms with Crippen molar-refractivity contribution in [3.63, 3.8) is 0 Å². The second kappa shape index (κ2) is 7.31. The third-order valence-corrected chi connectivity index (χ3v) is 4.21. The molecule has 0 unspecified atom stereocenters. The average Bonchev–Trinajstić information content (AvgIpc) is 2.84. The Bertz CT molecular complexity index is 580. The van der Waals surface area contributed by atoms with Gasteiger partial charge in [0.1, 0.15) is 0 Å². The highest BCUT2D eigenvalue weighted by molar-refractivity contribution is 6.36. The Hall–Kier alpha value is -1.30. The zero-order valence-corrected chi connectivity index (χ0v) is 13.9. The highest BCUT2D eigenvalue weighted by Crippen LogP contribution is 2.27. The minimum absolute atomic E-state index is 0.0353. The summed E-state index contributed by atoms with van der Waals surface area (Å²) in [6, 6.07) is 4.81. The Morgan fingerprint density at radius 2 is 2.23 bits per heavy atom. The first-order valence-electron chi connectivity index (χ1n) is 6.96. The molecule has 5 nitrogen and oxygen atoms in total. The normalized spacial score (nSPS) is 19.4. The summed E-state index contributed by atoms with van der Waals surface area (Å²) in [5.74, 6) is -0.643. The van der Waals surface area contributed by atoms with Crippen molar-refractivity contribution in [2.75, 3.05) is 25.6 Å². The lowest BCUT2D eigenvalue weighted by atomic mass is 10.1. The predicted octanol–water partition coefficient (Wildman–Crippen LogP) is 2.82. The van der Waals surface area contributed by atoms with Crippen LogP contribution in [0.4, 0.5) is 5.69 Å². The van der Waals surface area contributed by atoms with Crippen molar-refractivity contribution in [1.29, 1.82) is 0 Å². The van der Waals surface area contributed by atoms with Crippen molar-refractivity contribution in [1.82, 2.24) is 4.90 Å². The van der Waals surface area contributed by atoms with Crippen molar-refractivity contribution >= 4 is 40.7 Å². The van der Waals surface area contributed by atoms with Crippen molar-refractivity contribution in [3.05, 3.63) is 28.2 Å². The topological polar surface area (TPSA) is 58.6 Å². The van der Waals surface area contributed by atoms with Gasteiger partial charge < -0.3 is 15.0 Å². The molecule has 1 saturated heterocycles. The first kappa shape index (κ1) is 17.1. The lowest BCUT2D eigenvalue weighted by Gasteiger charge is -2.23. The highest BCUT2D eigenvalue weighted by Gasteiger charge is 2.36. The Morgan fingerprint density at radius 1 is 1.50 bits per heavy atom. The minimum Gasteiger partial charge on any atom is -0.383 e. The van der Waals surface area contributed by atoms with E-state index < -0.39 is 5.92 Å². The number of anilines is 1. The molecule has 1 aliphatic heterocycles. The lowest BCUT2D eigenvalue weighted by Crippen LogP contribution is -2.38. The van der Waals surface area contributed by atoms with Gasteiger partial charge >= 0.3 is 0 Å². The fourth-order valence-electron chi connectivity index (χ4n) is 2.49. The van der Waals surface area contributed by atoms with Gasteiger partial charge in [-0.3, -0.25) is 9.59 Å². The van der Waals surface area contributed by atoms with Crippen LogP contribution in [-0.4, -0.2) is 43.0 Å². The first-order chi connectivity index (χ1) is 10.4. The molecule has 2 amide bonds. The van der Waals surface area contributed by atoms with Crippen molar-refractivity contribution < 1.29 is 14.3 Å². The molecule has 0 bridgehead atoms. The first-order valence-corrected chi connectivity index (χ1v) is 7.72. The third kappa shape index (κ3) is 3.91. The molecule has 0 spiro atoms. The predicted molar refractivity (Wildman–Crippen MR) is 86.2 cm³/mol. The quantitative estimate of drug-likeness (QED) is 0.893. The number of likely N-dealkylation sites (tertiary alicyclic amines) is 1. The van der Waals surface area contributed by atoms with Crippen molar-refractivity contribution in [3.8, 4) is 0 Å². The number of ether oxygens (including phenoxy) is 1. The molecule has 7 heteroatoms. The largest absolute Gasteiger partial charge is 0.383 e. The van der Waals surface area contributed by atoms with E-state index in [9.17, 15) is 9.59 Å². The van der Waals surface area contributed by atoms with E-state index in [2.05, 4.69) is 5.32 Å². The number of hydrogen-bond donors (Lipinski definition) is 1. The Morgan fingerprint density at radius 3 is 2.86 bits per heavy atom. The molecule has 0 saturated carbocycles. The van der Waals surface area contributed by atoms with E-state index in [4.69, 9.17) is 27.9 Å². The van der Waals surface area contributed by atoms with Crippen LogP contribution in [0.2, 0.25) is 10.0 Å². The maximum atomic E-state index is 12.3. The van der Waals surface area contributed by atoms with Crippen LogP contribution < -0.4 is 5.32 Å². The van der Waals surface area contributed by atoms with E-state index in [0.717, 1.165) is 0 Å². The molecule has 0 radical (unpaired) electrons. The molecular weight excluding hydrogens is 327 g/mol. The molecule has 1 aliphatic rings. The van der Waals surface area contributed by atoms with Gasteiger partial charge in [-0.15, -0.1) is 0 Å². The van der Waals surface area contributed by atoms with E-state index >= 15 is 0 Å². The van der Waals surface area contributed by atoms with Crippen LogP contribution >= 0.6 is 23.2 Å². The fourth-order valence-corrected chi connectivity index (χ4v) is 2.95. The molecule has 2 rings (SSSR count). The van der Waals surface area contributed by atoms with Crippen LogP contribution in [0.5, 0.6) is 0 Å². The number of carbonyl (C=O) groups is 2. The molecule has 1 aromatic carbocycles. The van der Waals surface area contributed by atoms with Crippen LogP contribution in [-0.2, 0) is 14.3 Å². The number of amides is 2. The molecule has 1 fully saturated rings. The van der Waals surface area contributed by atoms with Gasteiger partial charge in [0.05, 0.1) is 29.3 Å². The van der Waals surface area contributed by atoms with E-state index in [1.807, 2.05) is 6.92 Å². The van der Waals surface area contributed by atoms with Gasteiger partial charge in [-0.25, -0.2) is 0 Å². The van der Waals surface area contributed by atoms with Gasteiger partial charge in [-0.1, -0.05) is 23.2 Å². The molecule has 1 N–H and O–H groups in total. The van der Waals surface area contributed by atoms with Gasteiger partial charge in [0.25, 0.3) is 0 Å². The molecular formula is C15H18Cl2N2O3. The summed E-state index contributed by atoms with van der Waals surface area (Å²) in [4.78, 5) is 26.0. The molecule has 0 aliphatic carbocycles. The maximum Gasteiger partial charge on any atom is 0.229 e. The van der Waals surface area contributed by atoms with Crippen molar-refractivity contribution in [2.45, 2.75) is 19.4 Å². The summed E-state index contributed by atoms with van der Waals surface area (Å²) in [5, 5.41) is 3.62. The molecule has 120 valence electrons. The monoisotopic (exact) mass is 344 g/mol. The number of hydrogen-bond acceptors (Lipinski definition) is 3. The van der Waals surface area contributed by atoms with E-state index in [1.54, 1.807) is 30.2 Å². The molecule has 2 atom stereocenters. The highest BCUT2D eigenvalue weighted by atomic mass is 35.5. The Balaban J connectivity index is 2.00. The van der Waals surface area contributed by atoms with Gasteiger partial charge in [0, 0.05) is 25.1 Å². The van der Waals surface area contributed by atoms with E-state index in [0.29, 0.717) is 28.9 Å². The summed E-state index contributed by atoms with van der Waals surface area (Å²) < 4.78 is 5.06. The summed E-state index contributed by atoms with van der Waals surface area (Å²) in [6.45, 7) is 2.74. The van der Waals surface area contributed by atoms with Gasteiger partial charge in [-0.2, -0.15) is 0 Å².